The second kappa shape index (κ2) is 31.8. The Labute approximate surface area is 279 Å². The van der Waals surface area contributed by atoms with E-state index in [0.29, 0.717) is 23.9 Å². The lowest BCUT2D eigenvalue weighted by molar-refractivity contribution is -0.870. The van der Waals surface area contributed by atoms with Gasteiger partial charge in [-0.05, 0) is 12.8 Å². The van der Waals surface area contributed by atoms with Crippen LogP contribution in [0.4, 0.5) is 0 Å². The SMILES string of the molecule is CCCCCCCCCCCCCC(=O)OC[C@@H](COP([O-])OCC[N+](C)(C)C)OC(=O)CCCCCCCCCCCCC. The predicted octanol–water partition coefficient (Wildman–Crippen LogP) is 9.17. The summed E-state index contributed by atoms with van der Waals surface area (Å²) in [6.45, 7) is 5.20. The molecular weight excluding hydrogens is 589 g/mol. The molecule has 0 aromatic rings. The molecule has 0 fully saturated rings. The van der Waals surface area contributed by atoms with Crippen molar-refractivity contribution in [3.8, 4) is 0 Å². The first kappa shape index (κ1) is 44.2. The van der Waals surface area contributed by atoms with Crippen molar-refractivity contribution >= 4 is 20.5 Å². The van der Waals surface area contributed by atoms with Crippen molar-refractivity contribution in [2.45, 2.75) is 174 Å². The van der Waals surface area contributed by atoms with E-state index in [2.05, 4.69) is 13.8 Å². The van der Waals surface area contributed by atoms with Crippen molar-refractivity contribution in [1.29, 1.82) is 0 Å². The second-order valence-corrected chi connectivity index (χ2v) is 14.7. The molecule has 0 rings (SSSR count). The van der Waals surface area contributed by atoms with Gasteiger partial charge < -0.3 is 27.9 Å². The first-order chi connectivity index (χ1) is 21.7. The maximum atomic E-state index is 12.5. The fraction of sp³-hybridized carbons (Fsp3) is 0.944. The molecule has 1 unspecified atom stereocenters. The summed E-state index contributed by atoms with van der Waals surface area (Å²) in [5.41, 5.74) is 0. The summed E-state index contributed by atoms with van der Waals surface area (Å²) in [7, 11) is 3.71. The van der Waals surface area contributed by atoms with Crippen LogP contribution in [-0.2, 0) is 28.1 Å². The Morgan fingerprint density at radius 3 is 1.40 bits per heavy atom. The first-order valence-corrected chi connectivity index (χ1v) is 19.7. The smallest absolute Gasteiger partial charge is 0.306 e. The number of unbranched alkanes of at least 4 members (excludes halogenated alkanes) is 20. The van der Waals surface area contributed by atoms with Crippen LogP contribution in [0.25, 0.3) is 0 Å². The van der Waals surface area contributed by atoms with Crippen LogP contribution in [0.15, 0.2) is 0 Å². The minimum absolute atomic E-state index is 0.108. The lowest BCUT2D eigenvalue weighted by Gasteiger charge is -2.28. The van der Waals surface area contributed by atoms with E-state index in [1.165, 1.54) is 103 Å². The van der Waals surface area contributed by atoms with Gasteiger partial charge in [0.15, 0.2) is 6.10 Å². The molecule has 0 saturated heterocycles. The molecule has 0 N–H and O–H groups in total. The fourth-order valence-corrected chi connectivity index (χ4v) is 5.65. The van der Waals surface area contributed by atoms with Crippen molar-refractivity contribution < 1.29 is 37.5 Å². The van der Waals surface area contributed by atoms with E-state index in [1.807, 2.05) is 21.1 Å². The lowest BCUT2D eigenvalue weighted by atomic mass is 10.1. The van der Waals surface area contributed by atoms with Crippen LogP contribution in [0, 0.1) is 0 Å². The van der Waals surface area contributed by atoms with Gasteiger partial charge in [-0.1, -0.05) is 142 Å². The van der Waals surface area contributed by atoms with E-state index < -0.39 is 14.7 Å². The minimum Gasteiger partial charge on any atom is -0.786 e. The maximum absolute atomic E-state index is 12.5. The third kappa shape index (κ3) is 34.4. The zero-order chi connectivity index (χ0) is 33.4. The van der Waals surface area contributed by atoms with Crippen LogP contribution in [0.3, 0.4) is 0 Å². The van der Waals surface area contributed by atoms with Crippen LogP contribution in [-0.4, -0.2) is 70.0 Å². The number of rotatable bonds is 34. The Hall–Kier alpha value is -0.790. The number of esters is 2. The number of hydrogen-bond donors (Lipinski definition) is 0. The van der Waals surface area contributed by atoms with E-state index in [0.717, 1.165) is 38.5 Å². The summed E-state index contributed by atoms with van der Waals surface area (Å²) in [5.74, 6) is -0.650. The van der Waals surface area contributed by atoms with E-state index in [1.54, 1.807) is 0 Å². The Bertz CT molecular complexity index is 674. The lowest BCUT2D eigenvalue weighted by Crippen LogP contribution is -2.37. The van der Waals surface area contributed by atoms with Crippen molar-refractivity contribution in [1.82, 2.24) is 0 Å². The average Bonchev–Trinajstić information content (AvgIpc) is 2.99. The zero-order valence-electron chi connectivity index (χ0n) is 30.1. The Morgan fingerprint density at radius 1 is 0.578 bits per heavy atom. The normalized spacial score (nSPS) is 13.1. The van der Waals surface area contributed by atoms with Gasteiger partial charge in [0.05, 0.1) is 36.4 Å². The monoisotopic (exact) mass is 662 g/mol. The van der Waals surface area contributed by atoms with E-state index >= 15 is 0 Å². The minimum atomic E-state index is -2.36. The molecule has 0 aliphatic rings. The molecule has 0 aromatic carbocycles. The third-order valence-corrected chi connectivity index (χ3v) is 8.78. The molecule has 0 aliphatic carbocycles. The highest BCUT2D eigenvalue weighted by atomic mass is 31.2. The van der Waals surface area contributed by atoms with Crippen LogP contribution in [0.2, 0.25) is 0 Å². The van der Waals surface area contributed by atoms with E-state index in [4.69, 9.17) is 18.5 Å². The van der Waals surface area contributed by atoms with Gasteiger partial charge in [0.25, 0.3) is 0 Å². The number of quaternary nitrogens is 1. The van der Waals surface area contributed by atoms with Gasteiger partial charge in [-0.15, -0.1) is 0 Å². The molecule has 2 atom stereocenters. The summed E-state index contributed by atoms with van der Waals surface area (Å²) >= 11 is 0. The number of hydrogen-bond acceptors (Lipinski definition) is 7. The predicted molar refractivity (Wildman–Crippen MR) is 185 cm³/mol. The highest BCUT2D eigenvalue weighted by molar-refractivity contribution is 7.39. The Kier molecular flexibility index (Phi) is 31.2. The van der Waals surface area contributed by atoms with Crippen LogP contribution >= 0.6 is 8.60 Å². The molecule has 0 bridgehead atoms. The molecule has 0 radical (unpaired) electrons. The van der Waals surface area contributed by atoms with E-state index in [-0.39, 0.29) is 31.8 Å². The quantitative estimate of drug-likeness (QED) is 0.0294. The second-order valence-electron chi connectivity index (χ2n) is 13.7. The number of ether oxygens (including phenoxy) is 2. The average molecular weight is 662 g/mol. The molecule has 0 saturated carbocycles. The number of likely N-dealkylation sites (N-methyl/N-ethyl adjacent to an activating group) is 1. The third-order valence-electron chi connectivity index (χ3n) is 8.02. The zero-order valence-corrected chi connectivity index (χ0v) is 31.0. The summed E-state index contributed by atoms with van der Waals surface area (Å²) in [6.07, 6.45) is 26.5. The van der Waals surface area contributed by atoms with Gasteiger partial charge >= 0.3 is 11.9 Å². The van der Waals surface area contributed by atoms with Crippen molar-refractivity contribution in [2.75, 3.05) is 47.5 Å². The Balaban J connectivity index is 4.30. The molecular formula is C36H72NO7P. The fourth-order valence-electron chi connectivity index (χ4n) is 5.06. The van der Waals surface area contributed by atoms with Gasteiger partial charge in [0.2, 0.25) is 0 Å². The highest BCUT2D eigenvalue weighted by Gasteiger charge is 2.19. The molecule has 8 nitrogen and oxygen atoms in total. The standard InChI is InChI=1S/C36H72NO7P/c1-6-8-10-12-14-16-18-20-22-24-26-28-35(38)41-32-34(33-43-45(40)42-31-30-37(3,4)5)44-36(39)29-27-25-23-21-19-17-15-13-11-9-7-2/h34H,6-33H2,1-5H3/t34-,45?/m0/s1. The molecule has 0 spiro atoms. The van der Waals surface area contributed by atoms with Gasteiger partial charge in [-0.25, -0.2) is 0 Å². The molecule has 9 heteroatoms. The topological polar surface area (TPSA) is 94.1 Å². The molecule has 0 amide bonds. The van der Waals surface area contributed by atoms with E-state index in [9.17, 15) is 14.5 Å². The van der Waals surface area contributed by atoms with Crippen LogP contribution < -0.4 is 4.89 Å². The summed E-state index contributed by atoms with van der Waals surface area (Å²) in [6, 6.07) is 0. The highest BCUT2D eigenvalue weighted by Crippen LogP contribution is 2.28. The number of carbonyl (C=O) groups excluding carboxylic acids is 2. The van der Waals surface area contributed by atoms with Crippen molar-refractivity contribution in [3.63, 3.8) is 0 Å². The first-order valence-electron chi connectivity index (χ1n) is 18.6. The largest absolute Gasteiger partial charge is 0.786 e. The maximum Gasteiger partial charge on any atom is 0.306 e. The van der Waals surface area contributed by atoms with Gasteiger partial charge in [0.1, 0.15) is 19.8 Å². The molecule has 0 heterocycles. The van der Waals surface area contributed by atoms with Crippen molar-refractivity contribution in [2.24, 2.45) is 0 Å². The van der Waals surface area contributed by atoms with Crippen LogP contribution in [0.1, 0.15) is 168 Å². The van der Waals surface area contributed by atoms with Crippen LogP contribution in [0.5, 0.6) is 0 Å². The number of nitrogens with zero attached hydrogens (tertiary/aromatic N) is 1. The Morgan fingerprint density at radius 2 is 0.978 bits per heavy atom. The molecule has 268 valence electrons. The van der Waals surface area contributed by atoms with Gasteiger partial charge in [0, 0.05) is 12.8 Å². The van der Waals surface area contributed by atoms with Gasteiger partial charge in [-0.2, -0.15) is 0 Å². The molecule has 0 aliphatic heterocycles. The van der Waals surface area contributed by atoms with Gasteiger partial charge in [-0.3, -0.25) is 9.59 Å². The van der Waals surface area contributed by atoms with Crippen molar-refractivity contribution in [3.05, 3.63) is 0 Å². The summed E-state index contributed by atoms with van der Waals surface area (Å²) in [4.78, 5) is 37.1. The number of carbonyl (C=O) groups is 2. The molecule has 0 aromatic heterocycles. The summed E-state index contributed by atoms with van der Waals surface area (Å²) in [5, 5.41) is 0. The summed E-state index contributed by atoms with van der Waals surface area (Å²) < 4.78 is 22.3. The molecule has 45 heavy (non-hydrogen) atoms.